The molecule has 1 saturated heterocycles. The van der Waals surface area contributed by atoms with Crippen LogP contribution < -0.4 is 10.6 Å². The number of amides is 1. The number of piperidine rings is 1. The maximum Gasteiger partial charge on any atom is 0.224 e. The predicted molar refractivity (Wildman–Crippen MR) is 74.3 cm³/mol. The molecule has 2 rings (SSSR count). The molecule has 1 fully saturated rings. The second kappa shape index (κ2) is 6.93. The van der Waals surface area contributed by atoms with Crippen LogP contribution >= 0.6 is 0 Å². The molecule has 1 aliphatic heterocycles. The summed E-state index contributed by atoms with van der Waals surface area (Å²) < 4.78 is 39.3. The molecule has 0 radical (unpaired) electrons. The van der Waals surface area contributed by atoms with Crippen LogP contribution in [0.3, 0.4) is 0 Å². The highest BCUT2D eigenvalue weighted by atomic mass is 19.2. The molecule has 1 aliphatic rings. The van der Waals surface area contributed by atoms with E-state index in [2.05, 4.69) is 10.6 Å². The number of benzene rings is 1. The molecule has 0 bridgehead atoms. The molecule has 3 nitrogen and oxygen atoms in total. The van der Waals surface area contributed by atoms with Crippen molar-refractivity contribution < 1.29 is 18.0 Å². The maximum atomic E-state index is 13.5. The first-order valence-electron chi connectivity index (χ1n) is 7.12. The van der Waals surface area contributed by atoms with E-state index in [1.807, 2.05) is 6.92 Å². The Labute approximate surface area is 121 Å². The quantitative estimate of drug-likeness (QED) is 0.839. The largest absolute Gasteiger partial charge is 0.323 e. The summed E-state index contributed by atoms with van der Waals surface area (Å²) in [5, 5.41) is 5.57. The normalized spacial score (nSPS) is 17.5. The second-order valence-electron chi connectivity index (χ2n) is 5.56. The van der Waals surface area contributed by atoms with E-state index in [-0.39, 0.29) is 23.9 Å². The first kappa shape index (κ1) is 15.8. The highest BCUT2D eigenvalue weighted by Gasteiger charge is 2.22. The second-order valence-corrected chi connectivity index (χ2v) is 5.56. The molecule has 1 atom stereocenters. The number of halogens is 3. The van der Waals surface area contributed by atoms with Crippen LogP contribution in [0.15, 0.2) is 12.1 Å². The van der Waals surface area contributed by atoms with Crippen LogP contribution in [0.25, 0.3) is 0 Å². The van der Waals surface area contributed by atoms with Crippen LogP contribution in [-0.4, -0.2) is 19.0 Å². The number of nitrogens with one attached hydrogen (secondary N) is 2. The number of anilines is 1. The average molecular weight is 300 g/mol. The Hall–Kier alpha value is -1.56. The SMILES string of the molecule is CC(CC(=O)Nc1cc(F)c(F)cc1F)C1CCNCC1. The summed E-state index contributed by atoms with van der Waals surface area (Å²) in [6, 6.07) is 1.10. The third-order valence-electron chi connectivity index (χ3n) is 3.98. The van der Waals surface area contributed by atoms with Crippen molar-refractivity contribution in [2.75, 3.05) is 18.4 Å². The molecule has 1 aromatic carbocycles. The first-order chi connectivity index (χ1) is 9.97. The van der Waals surface area contributed by atoms with E-state index in [4.69, 9.17) is 0 Å². The minimum atomic E-state index is -1.27. The van der Waals surface area contributed by atoms with Crippen molar-refractivity contribution in [2.24, 2.45) is 11.8 Å². The summed E-state index contributed by atoms with van der Waals surface area (Å²) in [5.74, 6) is -3.19. The van der Waals surface area contributed by atoms with Gasteiger partial charge in [-0.15, -0.1) is 0 Å². The third-order valence-corrected chi connectivity index (χ3v) is 3.98. The zero-order chi connectivity index (χ0) is 15.4. The third kappa shape index (κ3) is 4.20. The van der Waals surface area contributed by atoms with E-state index in [9.17, 15) is 18.0 Å². The lowest BCUT2D eigenvalue weighted by atomic mass is 9.84. The molecule has 6 heteroatoms. The van der Waals surface area contributed by atoms with Gasteiger partial charge in [0.15, 0.2) is 11.6 Å². The molecule has 116 valence electrons. The van der Waals surface area contributed by atoms with Gasteiger partial charge in [0.25, 0.3) is 0 Å². The number of carbonyl (C=O) groups excluding carboxylic acids is 1. The van der Waals surface area contributed by atoms with Gasteiger partial charge < -0.3 is 10.6 Å². The van der Waals surface area contributed by atoms with Crippen LogP contribution in [0.5, 0.6) is 0 Å². The Balaban J connectivity index is 1.93. The molecule has 2 N–H and O–H groups in total. The van der Waals surface area contributed by atoms with Crippen LogP contribution in [0.2, 0.25) is 0 Å². The fraction of sp³-hybridized carbons (Fsp3) is 0.533. The van der Waals surface area contributed by atoms with Crippen molar-refractivity contribution >= 4 is 11.6 Å². The molecule has 21 heavy (non-hydrogen) atoms. The van der Waals surface area contributed by atoms with Crippen LogP contribution in [0.4, 0.5) is 18.9 Å². The van der Waals surface area contributed by atoms with Gasteiger partial charge in [-0.05, 0) is 37.8 Å². The van der Waals surface area contributed by atoms with Gasteiger partial charge in [-0.25, -0.2) is 13.2 Å². The molecule has 1 amide bonds. The number of carbonyl (C=O) groups is 1. The summed E-state index contributed by atoms with van der Waals surface area (Å²) in [6.45, 7) is 3.86. The van der Waals surface area contributed by atoms with Crippen molar-refractivity contribution in [3.8, 4) is 0 Å². The summed E-state index contributed by atoms with van der Waals surface area (Å²) >= 11 is 0. The summed E-state index contributed by atoms with van der Waals surface area (Å²) in [7, 11) is 0. The highest BCUT2D eigenvalue weighted by Crippen LogP contribution is 2.25. The molecule has 1 heterocycles. The smallest absolute Gasteiger partial charge is 0.224 e. The summed E-state index contributed by atoms with van der Waals surface area (Å²) in [6.07, 6.45) is 2.26. The lowest BCUT2D eigenvalue weighted by molar-refractivity contribution is -0.117. The van der Waals surface area contributed by atoms with E-state index in [1.165, 1.54) is 0 Å². The van der Waals surface area contributed by atoms with Crippen molar-refractivity contribution in [2.45, 2.75) is 26.2 Å². The average Bonchev–Trinajstić information content (AvgIpc) is 2.45. The van der Waals surface area contributed by atoms with E-state index in [0.717, 1.165) is 25.9 Å². The maximum absolute atomic E-state index is 13.5. The summed E-state index contributed by atoms with van der Waals surface area (Å²) in [5.41, 5.74) is -0.323. The zero-order valence-electron chi connectivity index (χ0n) is 11.9. The van der Waals surface area contributed by atoms with Crippen molar-refractivity contribution in [3.63, 3.8) is 0 Å². The number of hydrogen-bond acceptors (Lipinski definition) is 2. The first-order valence-corrected chi connectivity index (χ1v) is 7.12. The fourth-order valence-corrected chi connectivity index (χ4v) is 2.69. The molecular weight excluding hydrogens is 281 g/mol. The van der Waals surface area contributed by atoms with E-state index in [0.29, 0.717) is 18.1 Å². The Bertz CT molecular complexity index is 516. The van der Waals surface area contributed by atoms with Gasteiger partial charge in [-0.2, -0.15) is 0 Å². The minimum Gasteiger partial charge on any atom is -0.323 e. The van der Waals surface area contributed by atoms with Gasteiger partial charge in [0.2, 0.25) is 5.91 Å². The fourth-order valence-electron chi connectivity index (χ4n) is 2.69. The lowest BCUT2D eigenvalue weighted by Gasteiger charge is -2.27. The number of rotatable bonds is 4. The highest BCUT2D eigenvalue weighted by molar-refractivity contribution is 5.90. The molecule has 0 saturated carbocycles. The predicted octanol–water partition coefficient (Wildman–Crippen LogP) is 3.07. The van der Waals surface area contributed by atoms with Gasteiger partial charge in [0, 0.05) is 18.6 Å². The van der Waals surface area contributed by atoms with Gasteiger partial charge in [0.05, 0.1) is 5.69 Å². The molecule has 1 aromatic rings. The van der Waals surface area contributed by atoms with Gasteiger partial charge >= 0.3 is 0 Å². The Kier molecular flexibility index (Phi) is 5.22. The Morgan fingerprint density at radius 3 is 2.52 bits per heavy atom. The van der Waals surface area contributed by atoms with Gasteiger partial charge in [-0.3, -0.25) is 4.79 Å². The van der Waals surface area contributed by atoms with E-state index < -0.39 is 17.5 Å². The van der Waals surface area contributed by atoms with Gasteiger partial charge in [-0.1, -0.05) is 6.92 Å². The molecule has 0 spiro atoms. The van der Waals surface area contributed by atoms with Crippen LogP contribution in [0, 0.1) is 29.3 Å². The van der Waals surface area contributed by atoms with E-state index >= 15 is 0 Å². The Morgan fingerprint density at radius 2 is 1.86 bits per heavy atom. The van der Waals surface area contributed by atoms with Crippen LogP contribution in [0.1, 0.15) is 26.2 Å². The van der Waals surface area contributed by atoms with Crippen molar-refractivity contribution in [3.05, 3.63) is 29.6 Å². The topological polar surface area (TPSA) is 41.1 Å². The zero-order valence-corrected chi connectivity index (χ0v) is 11.9. The monoisotopic (exact) mass is 300 g/mol. The number of hydrogen-bond donors (Lipinski definition) is 2. The Morgan fingerprint density at radius 1 is 1.24 bits per heavy atom. The van der Waals surface area contributed by atoms with Crippen molar-refractivity contribution in [1.82, 2.24) is 5.32 Å². The molecule has 0 aliphatic carbocycles. The standard InChI is InChI=1S/C15H19F3N2O/c1-9(10-2-4-19-5-3-10)6-15(21)20-14-8-12(17)11(16)7-13(14)18/h7-10,19H,2-6H2,1H3,(H,20,21). The summed E-state index contributed by atoms with van der Waals surface area (Å²) in [4.78, 5) is 11.9. The lowest BCUT2D eigenvalue weighted by Crippen LogP contribution is -2.32. The van der Waals surface area contributed by atoms with Crippen molar-refractivity contribution in [1.29, 1.82) is 0 Å². The van der Waals surface area contributed by atoms with Gasteiger partial charge in [0.1, 0.15) is 5.82 Å². The van der Waals surface area contributed by atoms with E-state index in [1.54, 1.807) is 0 Å². The molecule has 0 aromatic heterocycles. The molecule has 1 unspecified atom stereocenters. The minimum absolute atomic E-state index is 0.167. The van der Waals surface area contributed by atoms with Crippen LogP contribution in [-0.2, 0) is 4.79 Å². The molecular formula is C15H19F3N2O.